The van der Waals surface area contributed by atoms with Gasteiger partial charge in [0.15, 0.2) is 0 Å². The first-order chi connectivity index (χ1) is 9.99. The fourth-order valence-corrected chi connectivity index (χ4v) is 2.43. The molecular weight excluding hydrogens is 332 g/mol. The Balaban J connectivity index is 2.04. The van der Waals surface area contributed by atoms with Crippen molar-refractivity contribution in [1.29, 1.82) is 0 Å². The summed E-state index contributed by atoms with van der Waals surface area (Å²) in [6.07, 6.45) is 0. The number of rotatable bonds is 2. The Labute approximate surface area is 131 Å². The lowest BCUT2D eigenvalue weighted by atomic mass is 10.1. The molecule has 2 aromatic carbocycles. The number of amides is 2. The van der Waals surface area contributed by atoms with Crippen LogP contribution in [0.2, 0.25) is 0 Å². The fraction of sp³-hybridized carbons (Fsp3) is 0.125. The summed E-state index contributed by atoms with van der Waals surface area (Å²) in [6.45, 7) is 3.82. The molecule has 0 saturated heterocycles. The van der Waals surface area contributed by atoms with Crippen molar-refractivity contribution in [2.75, 3.05) is 0 Å². The third-order valence-corrected chi connectivity index (χ3v) is 3.73. The summed E-state index contributed by atoms with van der Waals surface area (Å²) in [5, 5.41) is 0. The average molecular weight is 347 g/mol. The molecule has 2 amide bonds. The number of hydrogen-bond acceptors (Lipinski definition) is 2. The van der Waals surface area contributed by atoms with Gasteiger partial charge in [-0.15, -0.1) is 0 Å². The second-order valence-electron chi connectivity index (χ2n) is 4.71. The first kappa shape index (κ1) is 15.3. The summed E-state index contributed by atoms with van der Waals surface area (Å²) in [7, 11) is 0. The Bertz CT molecular complexity index is 698. The van der Waals surface area contributed by atoms with Crippen LogP contribution in [-0.4, -0.2) is 11.8 Å². The van der Waals surface area contributed by atoms with Crippen molar-refractivity contribution in [2.24, 2.45) is 0 Å². The molecule has 4 nitrogen and oxygen atoms in total. The van der Waals surface area contributed by atoms with Crippen LogP contribution in [0.4, 0.5) is 0 Å². The van der Waals surface area contributed by atoms with Gasteiger partial charge in [0.05, 0.1) is 5.56 Å². The van der Waals surface area contributed by atoms with E-state index in [1.165, 1.54) is 0 Å². The number of carbonyl (C=O) groups is 2. The molecule has 2 N–H and O–H groups in total. The lowest BCUT2D eigenvalue weighted by molar-refractivity contribution is 0.0846. The highest BCUT2D eigenvalue weighted by Gasteiger charge is 2.12. The summed E-state index contributed by atoms with van der Waals surface area (Å²) >= 11 is 3.29. The van der Waals surface area contributed by atoms with Gasteiger partial charge in [0.25, 0.3) is 11.8 Å². The molecule has 0 aliphatic carbocycles. The van der Waals surface area contributed by atoms with E-state index < -0.39 is 0 Å². The molecule has 0 atom stereocenters. The minimum Gasteiger partial charge on any atom is -0.267 e. The minimum absolute atomic E-state index is 0.340. The lowest BCUT2D eigenvalue weighted by Gasteiger charge is -2.10. The van der Waals surface area contributed by atoms with Gasteiger partial charge in [-0.3, -0.25) is 20.4 Å². The molecule has 108 valence electrons. The second-order valence-corrected chi connectivity index (χ2v) is 5.56. The van der Waals surface area contributed by atoms with E-state index in [1.807, 2.05) is 32.0 Å². The van der Waals surface area contributed by atoms with Crippen LogP contribution >= 0.6 is 15.9 Å². The number of benzene rings is 2. The standard InChI is InChI=1S/C16H15BrN2O2/c1-10-7-8-12(11(2)9-10)15(20)18-19-16(21)13-5-3-4-6-14(13)17/h3-9H,1-2H3,(H,18,20)(H,19,21). The Morgan fingerprint density at radius 3 is 2.14 bits per heavy atom. The summed E-state index contributed by atoms with van der Waals surface area (Å²) in [4.78, 5) is 24.0. The van der Waals surface area contributed by atoms with E-state index in [1.54, 1.807) is 24.3 Å². The highest BCUT2D eigenvalue weighted by Crippen LogP contribution is 2.15. The van der Waals surface area contributed by atoms with Gasteiger partial charge in [-0.1, -0.05) is 29.8 Å². The Morgan fingerprint density at radius 1 is 0.905 bits per heavy atom. The van der Waals surface area contributed by atoms with Crippen molar-refractivity contribution >= 4 is 27.7 Å². The third-order valence-electron chi connectivity index (χ3n) is 3.03. The first-order valence-electron chi connectivity index (χ1n) is 6.41. The zero-order valence-corrected chi connectivity index (χ0v) is 13.3. The molecule has 21 heavy (non-hydrogen) atoms. The highest BCUT2D eigenvalue weighted by molar-refractivity contribution is 9.10. The van der Waals surface area contributed by atoms with E-state index in [0.717, 1.165) is 11.1 Å². The van der Waals surface area contributed by atoms with Crippen molar-refractivity contribution < 1.29 is 9.59 Å². The van der Waals surface area contributed by atoms with Crippen molar-refractivity contribution in [2.45, 2.75) is 13.8 Å². The lowest BCUT2D eigenvalue weighted by Crippen LogP contribution is -2.42. The van der Waals surface area contributed by atoms with E-state index in [0.29, 0.717) is 15.6 Å². The van der Waals surface area contributed by atoms with Gasteiger partial charge in [-0.05, 0) is 53.5 Å². The van der Waals surface area contributed by atoms with Gasteiger partial charge in [-0.2, -0.15) is 0 Å². The molecule has 0 aliphatic rings. The summed E-state index contributed by atoms with van der Waals surface area (Å²) in [5.41, 5.74) is 7.78. The van der Waals surface area contributed by atoms with Gasteiger partial charge < -0.3 is 0 Å². The third kappa shape index (κ3) is 3.70. The second kappa shape index (κ2) is 6.54. The zero-order chi connectivity index (χ0) is 15.4. The molecule has 0 unspecified atom stereocenters. The Hall–Kier alpha value is -2.14. The molecule has 0 bridgehead atoms. The van der Waals surface area contributed by atoms with Crippen LogP contribution in [0.1, 0.15) is 31.8 Å². The van der Waals surface area contributed by atoms with E-state index >= 15 is 0 Å². The van der Waals surface area contributed by atoms with Gasteiger partial charge >= 0.3 is 0 Å². The summed E-state index contributed by atoms with van der Waals surface area (Å²) in [5.74, 6) is -0.714. The van der Waals surface area contributed by atoms with Gasteiger partial charge in [0, 0.05) is 10.0 Å². The maximum absolute atomic E-state index is 12.1. The molecule has 5 heteroatoms. The van der Waals surface area contributed by atoms with Crippen LogP contribution in [-0.2, 0) is 0 Å². The van der Waals surface area contributed by atoms with Crippen molar-refractivity contribution in [3.05, 3.63) is 69.2 Å². The smallest absolute Gasteiger partial charge is 0.267 e. The van der Waals surface area contributed by atoms with Crippen LogP contribution < -0.4 is 10.9 Å². The molecule has 2 aromatic rings. The van der Waals surface area contributed by atoms with Crippen molar-refractivity contribution in [3.8, 4) is 0 Å². The number of carbonyl (C=O) groups excluding carboxylic acids is 2. The monoisotopic (exact) mass is 346 g/mol. The van der Waals surface area contributed by atoms with Crippen LogP contribution in [0.5, 0.6) is 0 Å². The van der Waals surface area contributed by atoms with Gasteiger partial charge in [0.1, 0.15) is 0 Å². The van der Waals surface area contributed by atoms with Crippen molar-refractivity contribution in [3.63, 3.8) is 0 Å². The zero-order valence-electron chi connectivity index (χ0n) is 11.7. The van der Waals surface area contributed by atoms with Gasteiger partial charge in [0.2, 0.25) is 0 Å². The quantitative estimate of drug-likeness (QED) is 0.820. The molecule has 0 fully saturated rings. The Kier molecular flexibility index (Phi) is 4.75. The normalized spacial score (nSPS) is 10.0. The van der Waals surface area contributed by atoms with Crippen LogP contribution in [0, 0.1) is 13.8 Å². The molecule has 0 aliphatic heterocycles. The predicted octanol–water partition coefficient (Wildman–Crippen LogP) is 3.14. The van der Waals surface area contributed by atoms with Gasteiger partial charge in [-0.25, -0.2) is 0 Å². The largest absolute Gasteiger partial charge is 0.270 e. The van der Waals surface area contributed by atoms with E-state index in [9.17, 15) is 9.59 Å². The maximum Gasteiger partial charge on any atom is 0.270 e. The van der Waals surface area contributed by atoms with Crippen molar-refractivity contribution in [1.82, 2.24) is 10.9 Å². The van der Waals surface area contributed by atoms with E-state index in [4.69, 9.17) is 0 Å². The molecule has 2 rings (SSSR count). The average Bonchev–Trinajstić information content (AvgIpc) is 2.45. The first-order valence-corrected chi connectivity index (χ1v) is 7.21. The maximum atomic E-state index is 12.1. The fourth-order valence-electron chi connectivity index (χ4n) is 1.96. The van der Waals surface area contributed by atoms with E-state index in [2.05, 4.69) is 26.8 Å². The number of halogens is 1. The molecule has 0 heterocycles. The van der Waals surface area contributed by atoms with E-state index in [-0.39, 0.29) is 11.8 Å². The number of aryl methyl sites for hydroxylation is 2. The SMILES string of the molecule is Cc1ccc(C(=O)NNC(=O)c2ccccc2Br)c(C)c1. The van der Waals surface area contributed by atoms with Crippen LogP contribution in [0.15, 0.2) is 46.9 Å². The molecule has 0 radical (unpaired) electrons. The number of hydrogen-bond donors (Lipinski definition) is 2. The number of nitrogens with one attached hydrogen (secondary N) is 2. The number of hydrazine groups is 1. The highest BCUT2D eigenvalue weighted by atomic mass is 79.9. The molecule has 0 aromatic heterocycles. The van der Waals surface area contributed by atoms with Crippen LogP contribution in [0.3, 0.4) is 0 Å². The summed E-state index contributed by atoms with van der Waals surface area (Å²) < 4.78 is 0.670. The molecular formula is C16H15BrN2O2. The Morgan fingerprint density at radius 2 is 1.52 bits per heavy atom. The van der Waals surface area contributed by atoms with Crippen LogP contribution in [0.25, 0.3) is 0 Å². The molecule has 0 spiro atoms. The molecule has 0 saturated carbocycles. The topological polar surface area (TPSA) is 58.2 Å². The minimum atomic E-state index is -0.374. The predicted molar refractivity (Wildman–Crippen MR) is 85.0 cm³/mol. The summed E-state index contributed by atoms with van der Waals surface area (Å²) in [6, 6.07) is 12.5.